The van der Waals surface area contributed by atoms with E-state index in [4.69, 9.17) is 34.8 Å². The van der Waals surface area contributed by atoms with Gasteiger partial charge < -0.3 is 60.4 Å². The second kappa shape index (κ2) is 9.02. The van der Waals surface area contributed by atoms with E-state index in [1.165, 1.54) is 0 Å². The summed E-state index contributed by atoms with van der Waals surface area (Å²) in [5.74, 6) is 0. The Morgan fingerprint density at radius 3 is 1.93 bits per heavy atom. The molecule has 0 aromatic rings. The normalized spacial score (nSPS) is 46.4. The molecule has 2 heterocycles. The highest BCUT2D eigenvalue weighted by Crippen LogP contribution is 2.40. The predicted octanol–water partition coefficient (Wildman–Crippen LogP) is -5.31. The third-order valence-corrected chi connectivity index (χ3v) is 4.76. The molecule has 0 aromatic heterocycles. The molecule has 160 valence electrons. The topological polar surface area (TPSA) is 242 Å². The maximum Gasteiger partial charge on any atom is 0.471 e. The van der Waals surface area contributed by atoms with Gasteiger partial charge in [-0.05, 0) is 0 Å². The molecule has 27 heavy (non-hydrogen) atoms. The third kappa shape index (κ3) is 5.20. The number of phosphoric ester groups is 1. The fraction of sp³-hybridized carbons (Fsp3) is 1.00. The third-order valence-electron chi connectivity index (χ3n) is 4.28. The van der Waals surface area contributed by atoms with Crippen LogP contribution in [0.2, 0.25) is 0 Å². The first-order chi connectivity index (χ1) is 12.5. The van der Waals surface area contributed by atoms with Crippen molar-refractivity contribution in [3.63, 3.8) is 0 Å². The van der Waals surface area contributed by atoms with Crippen molar-refractivity contribution in [3.05, 3.63) is 0 Å². The van der Waals surface area contributed by atoms with E-state index in [0.29, 0.717) is 0 Å². The zero-order valence-electron chi connectivity index (χ0n) is 13.8. The molecule has 1 unspecified atom stereocenters. The maximum atomic E-state index is 11.0. The van der Waals surface area contributed by atoms with E-state index in [0.717, 1.165) is 0 Å². The number of aliphatic hydroxyl groups is 6. The summed E-state index contributed by atoms with van der Waals surface area (Å²) in [7, 11) is -5.02. The van der Waals surface area contributed by atoms with Crippen LogP contribution in [-0.2, 0) is 23.3 Å². The van der Waals surface area contributed by atoms with E-state index < -0.39 is 82.4 Å². The molecule has 0 amide bonds. The Labute approximate surface area is 152 Å². The number of rotatable bonds is 6. The molecule has 10 atom stereocenters. The number of nitrogens with two attached hydrogens (primary N) is 1. The van der Waals surface area contributed by atoms with E-state index in [9.17, 15) is 30.1 Å². The van der Waals surface area contributed by atoms with Gasteiger partial charge in [0.05, 0.1) is 19.3 Å². The minimum atomic E-state index is -5.02. The molecular formula is C12H24NO13P. The molecule has 14 nitrogen and oxygen atoms in total. The first-order valence-corrected chi connectivity index (χ1v) is 9.43. The SMILES string of the molecule is N[C@H]1C(OP(=O)(O)O)O[C@H](CO)[C@@H](O[C@@H]2O[C@H](CO)[C@H](O)[C@H](O)[C@H]2O)[C@@H]1O. The first kappa shape index (κ1) is 23.0. The summed E-state index contributed by atoms with van der Waals surface area (Å²) in [5.41, 5.74) is 5.64. The molecule has 2 rings (SSSR count). The van der Waals surface area contributed by atoms with E-state index in [1.54, 1.807) is 0 Å². The first-order valence-electron chi connectivity index (χ1n) is 7.90. The van der Waals surface area contributed by atoms with Crippen molar-refractivity contribution >= 4 is 7.82 Å². The van der Waals surface area contributed by atoms with E-state index in [2.05, 4.69) is 4.52 Å². The van der Waals surface area contributed by atoms with Gasteiger partial charge in [-0.2, -0.15) is 0 Å². The predicted molar refractivity (Wildman–Crippen MR) is 81.5 cm³/mol. The van der Waals surface area contributed by atoms with Crippen LogP contribution in [0.15, 0.2) is 0 Å². The molecular weight excluding hydrogens is 397 g/mol. The molecule has 0 bridgehead atoms. The highest BCUT2D eigenvalue weighted by Gasteiger charge is 2.51. The summed E-state index contributed by atoms with van der Waals surface area (Å²) in [6, 6.07) is -1.52. The summed E-state index contributed by atoms with van der Waals surface area (Å²) in [6.45, 7) is -1.51. The van der Waals surface area contributed by atoms with Gasteiger partial charge in [-0.3, -0.25) is 4.52 Å². The summed E-state index contributed by atoms with van der Waals surface area (Å²) in [5, 5.41) is 58.4. The molecule has 0 aliphatic carbocycles. The second-order valence-electron chi connectivity index (χ2n) is 6.19. The molecule has 2 aliphatic rings. The van der Waals surface area contributed by atoms with Gasteiger partial charge in [0.2, 0.25) is 0 Å². The fourth-order valence-corrected chi connectivity index (χ4v) is 3.28. The lowest BCUT2D eigenvalue weighted by Gasteiger charge is -2.46. The Balaban J connectivity index is 2.14. The van der Waals surface area contributed by atoms with Gasteiger partial charge in [0.1, 0.15) is 42.7 Å². The van der Waals surface area contributed by atoms with E-state index in [1.807, 2.05) is 0 Å². The van der Waals surface area contributed by atoms with Gasteiger partial charge >= 0.3 is 7.82 Å². The smallest absolute Gasteiger partial charge is 0.394 e. The number of hydrogen-bond acceptors (Lipinski definition) is 12. The van der Waals surface area contributed by atoms with Crippen molar-refractivity contribution in [1.82, 2.24) is 0 Å². The van der Waals surface area contributed by atoms with Gasteiger partial charge in [0.25, 0.3) is 0 Å². The van der Waals surface area contributed by atoms with Crippen molar-refractivity contribution in [3.8, 4) is 0 Å². The molecule has 2 fully saturated rings. The number of ether oxygens (including phenoxy) is 3. The van der Waals surface area contributed by atoms with Crippen molar-refractivity contribution in [2.75, 3.05) is 13.2 Å². The van der Waals surface area contributed by atoms with E-state index in [-0.39, 0.29) is 0 Å². The highest BCUT2D eigenvalue weighted by molar-refractivity contribution is 7.46. The Morgan fingerprint density at radius 2 is 1.41 bits per heavy atom. The van der Waals surface area contributed by atoms with Crippen LogP contribution in [0.3, 0.4) is 0 Å². The lowest BCUT2D eigenvalue weighted by atomic mass is 9.96. The minimum absolute atomic E-state index is 0.713. The monoisotopic (exact) mass is 421 g/mol. The second-order valence-corrected chi connectivity index (χ2v) is 7.38. The largest absolute Gasteiger partial charge is 0.471 e. The molecule has 0 spiro atoms. The average Bonchev–Trinajstić information content (AvgIpc) is 2.60. The van der Waals surface area contributed by atoms with Gasteiger partial charge in [-0.15, -0.1) is 0 Å². The van der Waals surface area contributed by atoms with Gasteiger partial charge in [0, 0.05) is 0 Å². The highest BCUT2D eigenvalue weighted by atomic mass is 31.2. The zero-order valence-corrected chi connectivity index (χ0v) is 14.7. The summed E-state index contributed by atoms with van der Waals surface area (Å²) in [6.07, 6.45) is -14.4. The molecule has 0 aromatic carbocycles. The lowest BCUT2D eigenvalue weighted by Crippen LogP contribution is -2.66. The van der Waals surface area contributed by atoms with Crippen LogP contribution in [0, 0.1) is 0 Å². The Kier molecular flexibility index (Phi) is 7.68. The minimum Gasteiger partial charge on any atom is -0.394 e. The van der Waals surface area contributed by atoms with Crippen LogP contribution in [0.5, 0.6) is 0 Å². The lowest BCUT2D eigenvalue weighted by molar-refractivity contribution is -0.343. The van der Waals surface area contributed by atoms with Gasteiger partial charge in [-0.1, -0.05) is 0 Å². The quantitative estimate of drug-likeness (QED) is 0.182. The average molecular weight is 421 g/mol. The van der Waals surface area contributed by atoms with Crippen LogP contribution in [-0.4, -0.2) is 115 Å². The van der Waals surface area contributed by atoms with Gasteiger partial charge in [-0.25, -0.2) is 4.57 Å². The Bertz CT molecular complexity index is 529. The summed E-state index contributed by atoms with van der Waals surface area (Å²) < 4.78 is 30.9. The van der Waals surface area contributed by atoms with Crippen molar-refractivity contribution in [1.29, 1.82) is 0 Å². The van der Waals surface area contributed by atoms with E-state index >= 15 is 0 Å². The van der Waals surface area contributed by atoms with Crippen LogP contribution in [0.1, 0.15) is 0 Å². The Morgan fingerprint density at radius 1 is 0.852 bits per heavy atom. The van der Waals surface area contributed by atoms with Crippen LogP contribution >= 0.6 is 7.82 Å². The number of hydrogen-bond donors (Lipinski definition) is 9. The summed E-state index contributed by atoms with van der Waals surface area (Å²) >= 11 is 0. The van der Waals surface area contributed by atoms with Crippen molar-refractivity contribution in [2.24, 2.45) is 5.73 Å². The summed E-state index contributed by atoms with van der Waals surface area (Å²) in [4.78, 5) is 17.7. The Hall–Kier alpha value is -0.290. The van der Waals surface area contributed by atoms with Gasteiger partial charge in [0.15, 0.2) is 12.6 Å². The molecule has 2 aliphatic heterocycles. The fourth-order valence-electron chi connectivity index (χ4n) is 2.82. The van der Waals surface area contributed by atoms with Crippen LogP contribution in [0.4, 0.5) is 0 Å². The van der Waals surface area contributed by atoms with Crippen LogP contribution in [0.25, 0.3) is 0 Å². The molecule has 0 saturated carbocycles. The van der Waals surface area contributed by atoms with Crippen LogP contribution < -0.4 is 5.73 Å². The standard InChI is InChI=1S/C12H24NO13P/c13-5-7(17)10(4(2-15)24-11(5)26-27(20,21)22)25-12-9(19)8(18)6(16)3(1-14)23-12/h3-12,14-19H,1-2,13H2,(H2,20,21,22)/t3-,4-,5-,6+,7-,8+,9-,10-,11?,12+/m1/s1. The number of phosphoric acid groups is 1. The maximum absolute atomic E-state index is 11.0. The van der Waals surface area contributed by atoms with Crippen molar-refractivity contribution in [2.45, 2.75) is 61.3 Å². The van der Waals surface area contributed by atoms with Crippen molar-refractivity contribution < 1.29 is 63.7 Å². The zero-order chi connectivity index (χ0) is 20.5. The number of aliphatic hydroxyl groups excluding tert-OH is 6. The molecule has 10 N–H and O–H groups in total. The molecule has 2 saturated heterocycles. The molecule has 0 radical (unpaired) electrons. The molecule has 15 heteroatoms.